The zero-order valence-corrected chi connectivity index (χ0v) is 17.4. The number of nitrogens with two attached hydrogens (primary N) is 1. The van der Waals surface area contributed by atoms with Gasteiger partial charge >= 0.3 is 0 Å². The van der Waals surface area contributed by atoms with Crippen LogP contribution in [0.5, 0.6) is 5.75 Å². The third-order valence-electron chi connectivity index (χ3n) is 5.00. The zero-order chi connectivity index (χ0) is 19.9. The highest BCUT2D eigenvalue weighted by molar-refractivity contribution is 5.94. The molecular formula is C22H28ClN3O3. The number of benzene rings is 2. The molecule has 0 saturated carbocycles. The molecule has 2 aromatic carbocycles. The van der Waals surface area contributed by atoms with Crippen LogP contribution in [0.15, 0.2) is 54.6 Å². The number of hydrogen-bond acceptors (Lipinski definition) is 4. The van der Waals surface area contributed by atoms with E-state index in [1.807, 2.05) is 49.4 Å². The summed E-state index contributed by atoms with van der Waals surface area (Å²) in [4.78, 5) is 28.5. The van der Waals surface area contributed by atoms with Crippen molar-refractivity contribution in [2.45, 2.75) is 13.5 Å². The fourth-order valence-electron chi connectivity index (χ4n) is 3.16. The van der Waals surface area contributed by atoms with Crippen molar-refractivity contribution in [3.63, 3.8) is 0 Å². The Kier molecular flexibility index (Phi) is 8.49. The molecule has 0 spiro atoms. The number of rotatable bonds is 6. The Labute approximate surface area is 178 Å². The molecule has 2 amide bonds. The minimum Gasteiger partial charge on any atom is -0.489 e. The maximum absolute atomic E-state index is 12.7. The van der Waals surface area contributed by atoms with Gasteiger partial charge in [-0.15, -0.1) is 12.4 Å². The van der Waals surface area contributed by atoms with E-state index in [4.69, 9.17) is 10.5 Å². The van der Waals surface area contributed by atoms with Crippen molar-refractivity contribution in [1.29, 1.82) is 0 Å². The van der Waals surface area contributed by atoms with Crippen LogP contribution in [-0.4, -0.2) is 54.3 Å². The maximum atomic E-state index is 12.7. The lowest BCUT2D eigenvalue weighted by Gasteiger charge is -2.36. The lowest BCUT2D eigenvalue weighted by Crippen LogP contribution is -2.52. The van der Waals surface area contributed by atoms with Gasteiger partial charge in [-0.1, -0.05) is 37.3 Å². The van der Waals surface area contributed by atoms with Crippen molar-refractivity contribution in [1.82, 2.24) is 9.80 Å². The van der Waals surface area contributed by atoms with E-state index in [-0.39, 0.29) is 30.1 Å². The molecule has 3 rings (SSSR count). The molecule has 2 N–H and O–H groups in total. The van der Waals surface area contributed by atoms with Crippen molar-refractivity contribution in [3.05, 3.63) is 65.7 Å². The number of carbonyl (C=O) groups excluding carboxylic acids is 2. The largest absolute Gasteiger partial charge is 0.489 e. The van der Waals surface area contributed by atoms with Crippen LogP contribution in [-0.2, 0) is 11.4 Å². The molecule has 1 saturated heterocycles. The Bertz CT molecular complexity index is 791. The maximum Gasteiger partial charge on any atom is 0.253 e. The Morgan fingerprint density at radius 3 is 2.14 bits per heavy atom. The van der Waals surface area contributed by atoms with Gasteiger partial charge in [-0.2, -0.15) is 0 Å². The van der Waals surface area contributed by atoms with E-state index in [9.17, 15) is 9.59 Å². The van der Waals surface area contributed by atoms with Gasteiger partial charge in [0.05, 0.1) is 0 Å². The van der Waals surface area contributed by atoms with Crippen LogP contribution in [0, 0.1) is 5.92 Å². The van der Waals surface area contributed by atoms with Crippen LogP contribution in [0.25, 0.3) is 0 Å². The molecular weight excluding hydrogens is 390 g/mol. The van der Waals surface area contributed by atoms with Gasteiger partial charge < -0.3 is 20.3 Å². The second-order valence-corrected chi connectivity index (χ2v) is 7.05. The predicted molar refractivity (Wildman–Crippen MR) is 115 cm³/mol. The topological polar surface area (TPSA) is 75.9 Å². The Morgan fingerprint density at radius 2 is 1.55 bits per heavy atom. The van der Waals surface area contributed by atoms with Gasteiger partial charge in [0.2, 0.25) is 5.91 Å². The number of ether oxygens (including phenoxy) is 1. The first-order valence-corrected chi connectivity index (χ1v) is 9.63. The molecule has 1 heterocycles. The van der Waals surface area contributed by atoms with Gasteiger partial charge in [0.1, 0.15) is 12.4 Å². The lowest BCUT2D eigenvalue weighted by atomic mass is 10.1. The molecule has 7 heteroatoms. The Balaban J connectivity index is 0.00000300. The summed E-state index contributed by atoms with van der Waals surface area (Å²) < 4.78 is 5.77. The van der Waals surface area contributed by atoms with E-state index in [1.165, 1.54) is 0 Å². The van der Waals surface area contributed by atoms with Crippen molar-refractivity contribution < 1.29 is 14.3 Å². The van der Waals surface area contributed by atoms with Gasteiger partial charge in [0.25, 0.3) is 5.91 Å². The molecule has 0 bridgehead atoms. The predicted octanol–water partition coefficient (Wildman–Crippen LogP) is 2.57. The number of amides is 2. The number of halogens is 1. The van der Waals surface area contributed by atoms with Crippen LogP contribution < -0.4 is 10.5 Å². The zero-order valence-electron chi connectivity index (χ0n) is 16.6. The van der Waals surface area contributed by atoms with E-state index >= 15 is 0 Å². The minimum absolute atomic E-state index is 0. The molecule has 0 radical (unpaired) electrons. The van der Waals surface area contributed by atoms with E-state index < -0.39 is 0 Å². The molecule has 156 valence electrons. The van der Waals surface area contributed by atoms with Crippen LogP contribution in [0.3, 0.4) is 0 Å². The first-order chi connectivity index (χ1) is 13.6. The third kappa shape index (κ3) is 5.95. The smallest absolute Gasteiger partial charge is 0.253 e. The third-order valence-corrected chi connectivity index (χ3v) is 5.00. The van der Waals surface area contributed by atoms with E-state index in [0.717, 1.165) is 11.3 Å². The monoisotopic (exact) mass is 417 g/mol. The normalized spacial score (nSPS) is 14.7. The SMILES string of the molecule is CC(CN)C(=O)N1CCN(C(=O)c2ccc(OCc3ccccc3)cc2)CC1.Cl. The summed E-state index contributed by atoms with van der Waals surface area (Å²) in [6.07, 6.45) is 0. The van der Waals surface area contributed by atoms with Gasteiger partial charge in [0, 0.05) is 44.2 Å². The highest BCUT2D eigenvalue weighted by Crippen LogP contribution is 2.17. The fraction of sp³-hybridized carbons (Fsp3) is 0.364. The molecule has 2 aromatic rings. The summed E-state index contributed by atoms with van der Waals surface area (Å²) in [5.41, 5.74) is 7.30. The molecule has 1 fully saturated rings. The average Bonchev–Trinajstić information content (AvgIpc) is 2.77. The second-order valence-electron chi connectivity index (χ2n) is 7.05. The number of nitrogens with zero attached hydrogens (tertiary/aromatic N) is 2. The van der Waals surface area contributed by atoms with Crippen molar-refractivity contribution in [2.75, 3.05) is 32.7 Å². The lowest BCUT2D eigenvalue weighted by molar-refractivity contribution is -0.136. The van der Waals surface area contributed by atoms with E-state index in [2.05, 4.69) is 0 Å². The summed E-state index contributed by atoms with van der Waals surface area (Å²) in [7, 11) is 0. The molecule has 1 unspecified atom stereocenters. The fourth-order valence-corrected chi connectivity index (χ4v) is 3.16. The summed E-state index contributed by atoms with van der Waals surface area (Å²) in [5.74, 6) is 0.598. The van der Waals surface area contributed by atoms with Crippen molar-refractivity contribution >= 4 is 24.2 Å². The van der Waals surface area contributed by atoms with Crippen LogP contribution in [0.1, 0.15) is 22.8 Å². The Hall–Kier alpha value is -2.57. The van der Waals surface area contributed by atoms with E-state index in [0.29, 0.717) is 44.9 Å². The summed E-state index contributed by atoms with van der Waals surface area (Å²) in [6.45, 7) is 4.84. The van der Waals surface area contributed by atoms with Gasteiger partial charge in [0.15, 0.2) is 0 Å². The minimum atomic E-state index is -0.175. The van der Waals surface area contributed by atoms with E-state index in [1.54, 1.807) is 21.9 Å². The van der Waals surface area contributed by atoms with Gasteiger partial charge in [-0.25, -0.2) is 0 Å². The number of carbonyl (C=O) groups is 2. The summed E-state index contributed by atoms with van der Waals surface area (Å²) >= 11 is 0. The van der Waals surface area contributed by atoms with Crippen LogP contribution >= 0.6 is 12.4 Å². The average molecular weight is 418 g/mol. The number of piperazine rings is 1. The highest BCUT2D eigenvalue weighted by Gasteiger charge is 2.26. The van der Waals surface area contributed by atoms with Crippen molar-refractivity contribution in [2.24, 2.45) is 11.7 Å². The molecule has 6 nitrogen and oxygen atoms in total. The first kappa shape index (κ1) is 22.7. The highest BCUT2D eigenvalue weighted by atomic mass is 35.5. The van der Waals surface area contributed by atoms with Crippen LogP contribution in [0.4, 0.5) is 0 Å². The molecule has 0 aromatic heterocycles. The van der Waals surface area contributed by atoms with Crippen LogP contribution in [0.2, 0.25) is 0 Å². The quantitative estimate of drug-likeness (QED) is 0.783. The molecule has 1 atom stereocenters. The summed E-state index contributed by atoms with van der Waals surface area (Å²) in [5, 5.41) is 0. The molecule has 29 heavy (non-hydrogen) atoms. The molecule has 1 aliphatic heterocycles. The Morgan fingerprint density at radius 1 is 0.966 bits per heavy atom. The molecule has 0 aliphatic carbocycles. The van der Waals surface area contributed by atoms with Gasteiger partial charge in [-0.3, -0.25) is 9.59 Å². The standard InChI is InChI=1S/C22H27N3O3.ClH/c1-17(15-23)21(26)24-11-13-25(14-12-24)22(27)19-7-9-20(10-8-19)28-16-18-5-3-2-4-6-18;/h2-10,17H,11-16,23H2,1H3;1H. The van der Waals surface area contributed by atoms with Crippen molar-refractivity contribution in [3.8, 4) is 5.75 Å². The first-order valence-electron chi connectivity index (χ1n) is 9.63. The number of hydrogen-bond donors (Lipinski definition) is 1. The summed E-state index contributed by atoms with van der Waals surface area (Å²) in [6, 6.07) is 17.2. The van der Waals surface area contributed by atoms with Gasteiger partial charge in [-0.05, 0) is 29.8 Å². The molecule has 1 aliphatic rings. The second kappa shape index (κ2) is 10.8.